The molecule has 0 saturated carbocycles. The van der Waals surface area contributed by atoms with Gasteiger partial charge in [-0.2, -0.15) is 0 Å². The Labute approximate surface area is 145 Å². The molecule has 0 spiro atoms. The number of hydrogen-bond donors (Lipinski definition) is 3. The van der Waals surface area contributed by atoms with E-state index in [1.807, 2.05) is 6.92 Å². The number of benzene rings is 1. The zero-order valence-electron chi connectivity index (χ0n) is 13.6. The van der Waals surface area contributed by atoms with E-state index >= 15 is 0 Å². The third-order valence-corrected chi connectivity index (χ3v) is 4.61. The molecule has 0 saturated heterocycles. The summed E-state index contributed by atoms with van der Waals surface area (Å²) in [4.78, 5) is 15.7. The second-order valence-corrected chi connectivity index (χ2v) is 6.74. The fraction of sp³-hybridized carbons (Fsp3) is 0.250. The SMILES string of the molecule is CCOc1ccc(S(=O)(=O)NCCC(=O)Nc2ncccc2O)cc1. The van der Waals surface area contributed by atoms with Crippen LogP contribution in [0, 0.1) is 0 Å². The minimum atomic E-state index is -3.72. The first kappa shape index (κ1) is 18.7. The van der Waals surface area contributed by atoms with E-state index in [4.69, 9.17) is 4.74 Å². The molecule has 3 N–H and O–H groups in total. The van der Waals surface area contributed by atoms with Gasteiger partial charge < -0.3 is 15.2 Å². The van der Waals surface area contributed by atoms with Gasteiger partial charge in [-0.25, -0.2) is 18.1 Å². The van der Waals surface area contributed by atoms with Crippen LogP contribution in [0.5, 0.6) is 11.5 Å². The van der Waals surface area contributed by atoms with E-state index in [0.717, 1.165) is 0 Å². The zero-order chi connectivity index (χ0) is 18.3. The van der Waals surface area contributed by atoms with Gasteiger partial charge >= 0.3 is 0 Å². The molecule has 9 heteroatoms. The van der Waals surface area contributed by atoms with E-state index in [1.165, 1.54) is 30.5 Å². The fourth-order valence-electron chi connectivity index (χ4n) is 1.95. The molecule has 0 radical (unpaired) electrons. The van der Waals surface area contributed by atoms with E-state index in [0.29, 0.717) is 12.4 Å². The quantitative estimate of drug-likeness (QED) is 0.652. The highest BCUT2D eigenvalue weighted by Crippen LogP contribution is 2.18. The van der Waals surface area contributed by atoms with Crippen molar-refractivity contribution in [1.29, 1.82) is 0 Å². The highest BCUT2D eigenvalue weighted by molar-refractivity contribution is 7.89. The second kappa shape index (κ2) is 8.45. The van der Waals surface area contributed by atoms with E-state index in [2.05, 4.69) is 15.0 Å². The molecule has 8 nitrogen and oxygen atoms in total. The summed E-state index contributed by atoms with van der Waals surface area (Å²) >= 11 is 0. The molecular weight excluding hydrogens is 346 g/mol. The molecule has 1 heterocycles. The number of ether oxygens (including phenoxy) is 1. The number of carbonyl (C=O) groups is 1. The van der Waals surface area contributed by atoms with E-state index in [-0.39, 0.29) is 29.4 Å². The summed E-state index contributed by atoms with van der Waals surface area (Å²) in [5.74, 6) is -0.0212. The normalized spacial score (nSPS) is 11.1. The van der Waals surface area contributed by atoms with Crippen LogP contribution in [0.15, 0.2) is 47.5 Å². The standard InChI is InChI=1S/C16H19N3O5S/c1-2-24-12-5-7-13(8-6-12)25(22,23)18-11-9-15(21)19-16-14(20)4-3-10-17-16/h3-8,10,18,20H,2,9,11H2,1H3,(H,17,19,21). The van der Waals surface area contributed by atoms with Crippen molar-refractivity contribution in [3.63, 3.8) is 0 Å². The average Bonchev–Trinajstić information content (AvgIpc) is 2.58. The lowest BCUT2D eigenvalue weighted by Crippen LogP contribution is -2.28. The van der Waals surface area contributed by atoms with Crippen LogP contribution in [0.1, 0.15) is 13.3 Å². The highest BCUT2D eigenvalue weighted by Gasteiger charge is 2.15. The summed E-state index contributed by atoms with van der Waals surface area (Å²) < 4.78 is 31.9. The molecule has 0 fully saturated rings. The number of rotatable bonds is 8. The van der Waals surface area contributed by atoms with E-state index in [1.54, 1.807) is 12.1 Å². The molecule has 2 aromatic rings. The molecule has 1 aromatic heterocycles. The Kier molecular flexibility index (Phi) is 6.31. The Bertz CT molecular complexity index is 822. The van der Waals surface area contributed by atoms with Crippen molar-refractivity contribution in [2.24, 2.45) is 0 Å². The molecule has 0 aliphatic heterocycles. The Hall–Kier alpha value is -2.65. The van der Waals surface area contributed by atoms with Crippen LogP contribution in [-0.2, 0) is 14.8 Å². The predicted molar refractivity (Wildman–Crippen MR) is 91.9 cm³/mol. The van der Waals surface area contributed by atoms with Gasteiger partial charge in [0, 0.05) is 19.2 Å². The van der Waals surface area contributed by atoms with Crippen molar-refractivity contribution in [2.75, 3.05) is 18.5 Å². The molecule has 0 aliphatic carbocycles. The van der Waals surface area contributed by atoms with Gasteiger partial charge in [0.2, 0.25) is 15.9 Å². The van der Waals surface area contributed by atoms with Crippen molar-refractivity contribution in [3.8, 4) is 11.5 Å². The molecule has 25 heavy (non-hydrogen) atoms. The fourth-order valence-corrected chi connectivity index (χ4v) is 2.98. The largest absolute Gasteiger partial charge is 0.504 e. The van der Waals surface area contributed by atoms with Crippen LogP contribution in [-0.4, -0.2) is 37.6 Å². The van der Waals surface area contributed by atoms with Crippen molar-refractivity contribution in [3.05, 3.63) is 42.6 Å². The molecular formula is C16H19N3O5S. The Morgan fingerprint density at radius 1 is 1.24 bits per heavy atom. The molecule has 0 aliphatic rings. The third-order valence-electron chi connectivity index (χ3n) is 3.13. The van der Waals surface area contributed by atoms with Gasteiger partial charge in [-0.1, -0.05) is 0 Å². The summed E-state index contributed by atoms with van der Waals surface area (Å²) in [6.07, 6.45) is 1.32. The number of aromatic nitrogens is 1. The Balaban J connectivity index is 1.87. The Morgan fingerprint density at radius 2 is 1.96 bits per heavy atom. The van der Waals surface area contributed by atoms with Crippen LogP contribution in [0.25, 0.3) is 0 Å². The van der Waals surface area contributed by atoms with Crippen molar-refractivity contribution < 1.29 is 23.1 Å². The van der Waals surface area contributed by atoms with Crippen LogP contribution in [0.2, 0.25) is 0 Å². The summed E-state index contributed by atoms with van der Waals surface area (Å²) in [5, 5.41) is 11.9. The van der Waals surface area contributed by atoms with Gasteiger partial charge in [0.25, 0.3) is 0 Å². The number of carbonyl (C=O) groups excluding carboxylic acids is 1. The lowest BCUT2D eigenvalue weighted by Gasteiger charge is -2.09. The molecule has 2 rings (SSSR count). The number of anilines is 1. The third kappa shape index (κ3) is 5.44. The van der Waals surface area contributed by atoms with Crippen molar-refractivity contribution in [1.82, 2.24) is 9.71 Å². The topological polar surface area (TPSA) is 118 Å². The number of nitrogens with one attached hydrogen (secondary N) is 2. The Morgan fingerprint density at radius 3 is 2.60 bits per heavy atom. The van der Waals surface area contributed by atoms with Gasteiger partial charge in [0.05, 0.1) is 11.5 Å². The number of aromatic hydroxyl groups is 1. The maximum atomic E-state index is 12.2. The number of pyridine rings is 1. The minimum Gasteiger partial charge on any atom is -0.504 e. The lowest BCUT2D eigenvalue weighted by atomic mass is 10.3. The summed E-state index contributed by atoms with van der Waals surface area (Å²) in [6.45, 7) is 2.24. The van der Waals surface area contributed by atoms with Gasteiger partial charge in [0.15, 0.2) is 11.6 Å². The first-order valence-electron chi connectivity index (χ1n) is 7.58. The first-order chi connectivity index (χ1) is 11.9. The van der Waals surface area contributed by atoms with Gasteiger partial charge in [0.1, 0.15) is 5.75 Å². The summed E-state index contributed by atoms with van der Waals surface area (Å²) in [5.41, 5.74) is 0. The highest BCUT2D eigenvalue weighted by atomic mass is 32.2. The van der Waals surface area contributed by atoms with Gasteiger partial charge in [-0.15, -0.1) is 0 Å². The number of hydrogen-bond acceptors (Lipinski definition) is 6. The molecule has 0 atom stereocenters. The molecule has 0 bridgehead atoms. The zero-order valence-corrected chi connectivity index (χ0v) is 14.4. The smallest absolute Gasteiger partial charge is 0.240 e. The number of sulfonamides is 1. The summed E-state index contributed by atoms with van der Waals surface area (Å²) in [7, 11) is -3.72. The van der Waals surface area contributed by atoms with Crippen molar-refractivity contribution in [2.45, 2.75) is 18.2 Å². The molecule has 1 aromatic carbocycles. The van der Waals surface area contributed by atoms with Crippen LogP contribution in [0.4, 0.5) is 5.82 Å². The molecule has 134 valence electrons. The average molecular weight is 365 g/mol. The van der Waals surface area contributed by atoms with Gasteiger partial charge in [-0.05, 0) is 43.3 Å². The molecule has 0 unspecified atom stereocenters. The second-order valence-electron chi connectivity index (χ2n) is 4.97. The maximum absolute atomic E-state index is 12.2. The van der Waals surface area contributed by atoms with Crippen LogP contribution in [0.3, 0.4) is 0 Å². The van der Waals surface area contributed by atoms with E-state index < -0.39 is 15.9 Å². The monoisotopic (exact) mass is 365 g/mol. The van der Waals surface area contributed by atoms with E-state index in [9.17, 15) is 18.3 Å². The number of nitrogens with zero attached hydrogens (tertiary/aromatic N) is 1. The summed E-state index contributed by atoms with van der Waals surface area (Å²) in [6, 6.07) is 8.90. The predicted octanol–water partition coefficient (Wildman–Crippen LogP) is 1.49. The molecule has 1 amide bonds. The lowest BCUT2D eigenvalue weighted by molar-refractivity contribution is -0.116. The number of amides is 1. The minimum absolute atomic E-state index is 0.0295. The van der Waals surface area contributed by atoms with Crippen molar-refractivity contribution >= 4 is 21.7 Å². The van der Waals surface area contributed by atoms with Crippen LogP contribution >= 0.6 is 0 Å². The van der Waals surface area contributed by atoms with Crippen LogP contribution < -0.4 is 14.8 Å². The first-order valence-corrected chi connectivity index (χ1v) is 9.07. The maximum Gasteiger partial charge on any atom is 0.240 e. The van der Waals surface area contributed by atoms with Gasteiger partial charge in [-0.3, -0.25) is 4.79 Å².